The van der Waals surface area contributed by atoms with E-state index in [4.69, 9.17) is 5.26 Å². The van der Waals surface area contributed by atoms with Crippen LogP contribution in [0.2, 0.25) is 0 Å². The molecule has 1 aromatic rings. The van der Waals surface area contributed by atoms with Crippen molar-refractivity contribution in [1.29, 1.82) is 5.26 Å². The number of hydrogen-bond donors (Lipinski definition) is 1. The van der Waals surface area contributed by atoms with Crippen molar-refractivity contribution in [1.82, 2.24) is 10.2 Å². The van der Waals surface area contributed by atoms with E-state index in [1.165, 1.54) is 25.7 Å². The highest BCUT2D eigenvalue weighted by Crippen LogP contribution is 2.61. The van der Waals surface area contributed by atoms with Crippen LogP contribution in [0.25, 0.3) is 0 Å². The van der Waals surface area contributed by atoms with E-state index in [2.05, 4.69) is 21.6 Å². The van der Waals surface area contributed by atoms with Gasteiger partial charge in [0.25, 0.3) is 0 Å². The molecule has 4 nitrogen and oxygen atoms in total. The predicted molar refractivity (Wildman–Crippen MR) is 59.6 cm³/mol. The number of nitriles is 1. The second kappa shape index (κ2) is 3.44. The fraction of sp³-hybridized carbons (Fsp3) is 0.583. The lowest BCUT2D eigenvalue weighted by molar-refractivity contribution is 0.466. The molecule has 0 atom stereocenters. The molecule has 4 heteroatoms. The summed E-state index contributed by atoms with van der Waals surface area (Å²) in [5.74, 6) is 1.55. The third kappa shape index (κ3) is 1.63. The third-order valence-corrected chi connectivity index (χ3v) is 3.78. The van der Waals surface area contributed by atoms with E-state index in [9.17, 15) is 0 Å². The zero-order valence-electron chi connectivity index (χ0n) is 9.11. The summed E-state index contributed by atoms with van der Waals surface area (Å²) in [4.78, 5) is 0. The van der Waals surface area contributed by atoms with Crippen LogP contribution in [0.15, 0.2) is 12.3 Å². The van der Waals surface area contributed by atoms with Gasteiger partial charge in [-0.3, -0.25) is 0 Å². The Morgan fingerprint density at radius 1 is 1.50 bits per heavy atom. The highest BCUT2D eigenvalue weighted by atomic mass is 15.2. The monoisotopic (exact) mass is 214 g/mol. The van der Waals surface area contributed by atoms with Crippen molar-refractivity contribution >= 4 is 5.82 Å². The van der Waals surface area contributed by atoms with Gasteiger partial charge in [0.1, 0.15) is 6.07 Å². The molecule has 1 N–H and O–H groups in total. The first-order chi connectivity index (χ1) is 7.84. The minimum absolute atomic E-state index is 0.518. The van der Waals surface area contributed by atoms with Crippen LogP contribution in [0, 0.1) is 22.7 Å². The van der Waals surface area contributed by atoms with Crippen LogP contribution in [0.1, 0.15) is 31.2 Å². The van der Waals surface area contributed by atoms with Crippen molar-refractivity contribution in [3.63, 3.8) is 0 Å². The Balaban J connectivity index is 1.68. The molecule has 0 aliphatic heterocycles. The predicted octanol–water partition coefficient (Wildman–Crippen LogP) is 1.95. The van der Waals surface area contributed by atoms with Crippen molar-refractivity contribution in [3.05, 3.63) is 17.8 Å². The number of hydrogen-bond acceptors (Lipinski definition) is 4. The van der Waals surface area contributed by atoms with E-state index >= 15 is 0 Å². The Kier molecular flexibility index (Phi) is 2.06. The minimum atomic E-state index is 0.518. The third-order valence-electron chi connectivity index (χ3n) is 3.78. The van der Waals surface area contributed by atoms with Gasteiger partial charge in [0.05, 0.1) is 11.8 Å². The van der Waals surface area contributed by atoms with E-state index in [-0.39, 0.29) is 0 Å². The summed E-state index contributed by atoms with van der Waals surface area (Å²) in [5, 5.41) is 20.0. The smallest absolute Gasteiger partial charge is 0.166 e. The second-order valence-electron chi connectivity index (χ2n) is 4.90. The van der Waals surface area contributed by atoms with E-state index in [0.717, 1.165) is 12.5 Å². The first-order valence-electron chi connectivity index (χ1n) is 5.80. The number of nitrogens with one attached hydrogen (secondary N) is 1. The number of aromatic nitrogens is 2. The van der Waals surface area contributed by atoms with Gasteiger partial charge in [0, 0.05) is 6.54 Å². The Bertz CT molecular complexity index is 441. The first kappa shape index (κ1) is 9.59. The highest BCUT2D eigenvalue weighted by molar-refractivity contribution is 5.50. The Morgan fingerprint density at radius 3 is 2.94 bits per heavy atom. The van der Waals surface area contributed by atoms with Gasteiger partial charge in [-0.2, -0.15) is 10.4 Å². The zero-order chi connectivity index (χ0) is 11.0. The van der Waals surface area contributed by atoms with E-state index in [0.29, 0.717) is 16.8 Å². The molecule has 3 rings (SSSR count). The van der Waals surface area contributed by atoms with Crippen LogP contribution < -0.4 is 5.32 Å². The molecule has 1 aromatic heterocycles. The van der Waals surface area contributed by atoms with Gasteiger partial charge in [0.15, 0.2) is 5.82 Å². The molecule has 0 bridgehead atoms. The van der Waals surface area contributed by atoms with Crippen LogP contribution in [-0.2, 0) is 0 Å². The maximum absolute atomic E-state index is 8.93. The van der Waals surface area contributed by atoms with Crippen LogP contribution in [-0.4, -0.2) is 16.7 Å². The summed E-state index contributed by atoms with van der Waals surface area (Å²) in [7, 11) is 0. The van der Waals surface area contributed by atoms with Crippen molar-refractivity contribution < 1.29 is 0 Å². The van der Waals surface area contributed by atoms with Gasteiger partial charge in [0.2, 0.25) is 0 Å². The van der Waals surface area contributed by atoms with Crippen molar-refractivity contribution in [2.75, 3.05) is 11.9 Å². The SMILES string of the molecule is N#Cc1ccnnc1NCC1(C2CC2)CC1. The van der Waals surface area contributed by atoms with E-state index < -0.39 is 0 Å². The molecule has 0 aromatic carbocycles. The van der Waals surface area contributed by atoms with Gasteiger partial charge in [-0.1, -0.05) is 0 Å². The lowest BCUT2D eigenvalue weighted by Crippen LogP contribution is -2.18. The average Bonchev–Trinajstić information content (AvgIpc) is 3.17. The summed E-state index contributed by atoms with van der Waals surface area (Å²) in [5.41, 5.74) is 1.10. The first-order valence-corrected chi connectivity index (χ1v) is 5.80. The highest BCUT2D eigenvalue weighted by Gasteiger charge is 2.53. The topological polar surface area (TPSA) is 61.6 Å². The molecule has 2 aliphatic carbocycles. The maximum Gasteiger partial charge on any atom is 0.166 e. The van der Waals surface area contributed by atoms with Crippen molar-refractivity contribution in [2.24, 2.45) is 11.3 Å². The number of nitrogens with zero attached hydrogens (tertiary/aromatic N) is 3. The molecule has 0 amide bonds. The molecule has 82 valence electrons. The van der Waals surface area contributed by atoms with Gasteiger partial charge in [-0.15, -0.1) is 5.10 Å². The van der Waals surface area contributed by atoms with E-state index in [1.54, 1.807) is 12.3 Å². The van der Waals surface area contributed by atoms with Gasteiger partial charge in [-0.25, -0.2) is 0 Å². The fourth-order valence-corrected chi connectivity index (χ4v) is 2.40. The Hall–Kier alpha value is -1.63. The van der Waals surface area contributed by atoms with E-state index in [1.807, 2.05) is 0 Å². The quantitative estimate of drug-likeness (QED) is 0.832. The molecule has 1 heterocycles. The Labute approximate surface area is 94.7 Å². The Morgan fingerprint density at radius 2 is 2.31 bits per heavy atom. The summed E-state index contributed by atoms with van der Waals surface area (Å²) in [6.07, 6.45) is 6.97. The van der Waals surface area contributed by atoms with Gasteiger partial charge >= 0.3 is 0 Å². The lowest BCUT2D eigenvalue weighted by atomic mass is 10.0. The molecule has 0 unspecified atom stereocenters. The van der Waals surface area contributed by atoms with Crippen molar-refractivity contribution in [3.8, 4) is 6.07 Å². The molecule has 16 heavy (non-hydrogen) atoms. The largest absolute Gasteiger partial charge is 0.367 e. The molecule has 0 spiro atoms. The standard InChI is InChI=1S/C12H14N4/c13-7-9-3-6-15-16-11(9)14-8-12(4-5-12)10-1-2-10/h3,6,10H,1-2,4-5,8H2,(H,14,16). The summed E-state index contributed by atoms with van der Waals surface area (Å²) in [6, 6.07) is 3.83. The molecule has 2 saturated carbocycles. The fourth-order valence-electron chi connectivity index (χ4n) is 2.40. The summed E-state index contributed by atoms with van der Waals surface area (Å²) in [6.45, 7) is 0.949. The van der Waals surface area contributed by atoms with Gasteiger partial charge in [-0.05, 0) is 43.1 Å². The van der Waals surface area contributed by atoms with Gasteiger partial charge < -0.3 is 5.32 Å². The average molecular weight is 214 g/mol. The molecular weight excluding hydrogens is 200 g/mol. The molecule has 2 fully saturated rings. The lowest BCUT2D eigenvalue weighted by Gasteiger charge is -2.15. The van der Waals surface area contributed by atoms with Crippen molar-refractivity contribution in [2.45, 2.75) is 25.7 Å². The maximum atomic E-state index is 8.93. The summed E-state index contributed by atoms with van der Waals surface area (Å²) >= 11 is 0. The number of anilines is 1. The van der Waals surface area contributed by atoms with Crippen LogP contribution in [0.5, 0.6) is 0 Å². The minimum Gasteiger partial charge on any atom is -0.367 e. The van der Waals surface area contributed by atoms with Crippen LogP contribution in [0.4, 0.5) is 5.82 Å². The molecule has 0 radical (unpaired) electrons. The number of rotatable bonds is 4. The second-order valence-corrected chi connectivity index (χ2v) is 4.90. The molecular formula is C12H14N4. The van der Waals surface area contributed by atoms with Crippen LogP contribution >= 0.6 is 0 Å². The van der Waals surface area contributed by atoms with Crippen LogP contribution in [0.3, 0.4) is 0 Å². The molecule has 2 aliphatic rings. The zero-order valence-corrected chi connectivity index (χ0v) is 9.11. The molecule has 0 saturated heterocycles. The normalized spacial score (nSPS) is 21.2. The summed E-state index contributed by atoms with van der Waals surface area (Å²) < 4.78 is 0.